The standard InChI is InChI=1S/C43H74F2N10O13/c1-29(56)27-50-42(65)33(26-47)55-43(66)31(21-23-39(62)68-45)53-37(60)28-51-41(64)32(25-46)54-36(59)18-16-24-49-34(57)22-20-30(40(48)63)52-35(58)17-14-12-10-8-6-4-2-3-5-7-9-11-13-15-19-38(61)67-44/h30-33H,2-28,46-47H2,1H3,(H2,48,63)(H,49,57)(H,50,65)(H,51,64)(H,52,58)(H,53,60)(H,54,59)(H,55,66)/t30?,31-,32-,33?/m0/s1. The van der Waals surface area contributed by atoms with Crippen LogP contribution in [0.2, 0.25) is 0 Å². The fraction of sp³-hybridized carbons (Fsp3) is 0.744. The topological polar surface area (TPSA) is 368 Å². The van der Waals surface area contributed by atoms with E-state index < -0.39 is 103 Å². The number of Topliss-reactive ketones (excluding diaryl/α,β-unsaturated/α-hetero) is 1. The Hall–Kier alpha value is -5.85. The molecule has 2 unspecified atom stereocenters. The SMILES string of the molecule is CC(=O)CNC(=O)C(CN)NC(=O)[C@H](CCC(=O)OF)NC(=O)CNC(=O)[C@H](CN)NC(=O)CCCNC(=O)CCC(NC(=O)CCCCCCCCCCCCCCCCC(=O)OF)C(N)=O. The van der Waals surface area contributed by atoms with Crippen molar-refractivity contribution in [2.75, 3.05) is 32.7 Å². The van der Waals surface area contributed by atoms with Gasteiger partial charge in [0, 0.05) is 54.4 Å². The normalized spacial score (nSPS) is 12.5. The highest BCUT2D eigenvalue weighted by molar-refractivity contribution is 5.95. The van der Waals surface area contributed by atoms with E-state index >= 15 is 0 Å². The van der Waals surface area contributed by atoms with E-state index in [1.165, 1.54) is 26.2 Å². The second-order valence-electron chi connectivity index (χ2n) is 16.3. The van der Waals surface area contributed by atoms with Gasteiger partial charge in [0.05, 0.1) is 19.5 Å². The Labute approximate surface area is 395 Å². The molecule has 388 valence electrons. The van der Waals surface area contributed by atoms with Gasteiger partial charge in [-0.3, -0.25) is 53.0 Å². The zero-order chi connectivity index (χ0) is 51.1. The largest absolute Gasteiger partial charge is 0.368 e. The van der Waals surface area contributed by atoms with Gasteiger partial charge in [-0.1, -0.05) is 77.0 Å². The summed E-state index contributed by atoms with van der Waals surface area (Å²) in [6, 6.07) is -5.21. The number of ketones is 1. The first kappa shape index (κ1) is 62.1. The second kappa shape index (κ2) is 39.2. The first-order valence-corrected chi connectivity index (χ1v) is 23.3. The number of carbonyl (C=O) groups excluding carboxylic acids is 11. The summed E-state index contributed by atoms with van der Waals surface area (Å²) in [6.07, 6.45) is 13.2. The maximum Gasteiger partial charge on any atom is 0.348 e. The fourth-order valence-electron chi connectivity index (χ4n) is 6.55. The number of nitrogens with two attached hydrogens (primary N) is 3. The molecule has 13 N–H and O–H groups in total. The van der Waals surface area contributed by atoms with E-state index in [0.717, 1.165) is 57.8 Å². The number of amides is 8. The van der Waals surface area contributed by atoms with Crippen LogP contribution in [0.4, 0.5) is 9.05 Å². The molecular weight excluding hydrogens is 903 g/mol. The number of nitrogens with one attached hydrogen (secondary N) is 7. The highest BCUT2D eigenvalue weighted by atomic mass is 19.3. The van der Waals surface area contributed by atoms with Gasteiger partial charge in [0.25, 0.3) is 0 Å². The maximum absolute atomic E-state index is 12.9. The first-order chi connectivity index (χ1) is 32.5. The van der Waals surface area contributed by atoms with E-state index in [2.05, 4.69) is 47.1 Å². The molecule has 0 aromatic heterocycles. The van der Waals surface area contributed by atoms with Crippen molar-refractivity contribution in [3.05, 3.63) is 0 Å². The van der Waals surface area contributed by atoms with E-state index in [1.54, 1.807) is 0 Å². The lowest BCUT2D eigenvalue weighted by Gasteiger charge is -2.22. The van der Waals surface area contributed by atoms with Gasteiger partial charge >= 0.3 is 11.9 Å². The third-order valence-electron chi connectivity index (χ3n) is 10.4. The predicted octanol–water partition coefficient (Wildman–Crippen LogP) is -0.296. The third kappa shape index (κ3) is 32.8. The lowest BCUT2D eigenvalue weighted by atomic mass is 10.0. The Morgan fingerprint density at radius 1 is 0.426 bits per heavy atom. The van der Waals surface area contributed by atoms with Crippen LogP contribution < -0.4 is 54.4 Å². The molecule has 0 aromatic carbocycles. The molecule has 4 atom stereocenters. The van der Waals surface area contributed by atoms with E-state index in [4.69, 9.17) is 17.2 Å². The maximum atomic E-state index is 12.9. The number of rotatable bonds is 41. The molecule has 0 aromatic rings. The van der Waals surface area contributed by atoms with Crippen molar-refractivity contribution in [3.8, 4) is 0 Å². The molecule has 0 saturated heterocycles. The molecule has 0 fully saturated rings. The summed E-state index contributed by atoms with van der Waals surface area (Å²) in [5.74, 6) is -8.37. The molecule has 0 spiro atoms. The zero-order valence-electron chi connectivity index (χ0n) is 39.2. The van der Waals surface area contributed by atoms with Crippen molar-refractivity contribution in [1.29, 1.82) is 0 Å². The summed E-state index contributed by atoms with van der Waals surface area (Å²) < 4.78 is 23.9. The van der Waals surface area contributed by atoms with Crippen LogP contribution in [0.1, 0.15) is 148 Å². The van der Waals surface area contributed by atoms with Crippen LogP contribution in [0.25, 0.3) is 0 Å². The average molecular weight is 977 g/mol. The Bertz CT molecular complexity index is 1610. The molecule has 0 aliphatic heterocycles. The summed E-state index contributed by atoms with van der Waals surface area (Å²) >= 11 is 0. The van der Waals surface area contributed by atoms with Gasteiger partial charge < -0.3 is 54.4 Å². The minimum absolute atomic E-state index is 0.0311. The molecule has 0 bridgehead atoms. The van der Waals surface area contributed by atoms with Gasteiger partial charge in [0.1, 0.15) is 30.0 Å². The quantitative estimate of drug-likeness (QED) is 0.0352. The molecule has 0 heterocycles. The van der Waals surface area contributed by atoms with Crippen molar-refractivity contribution in [2.24, 2.45) is 17.2 Å². The van der Waals surface area contributed by atoms with Crippen LogP contribution >= 0.6 is 0 Å². The number of hydrogen-bond donors (Lipinski definition) is 10. The molecule has 0 saturated carbocycles. The molecule has 68 heavy (non-hydrogen) atoms. The zero-order valence-corrected chi connectivity index (χ0v) is 39.2. The van der Waals surface area contributed by atoms with Crippen molar-refractivity contribution in [3.63, 3.8) is 0 Å². The van der Waals surface area contributed by atoms with Crippen molar-refractivity contribution < 1.29 is 71.7 Å². The van der Waals surface area contributed by atoms with Crippen LogP contribution in [-0.4, -0.2) is 122 Å². The summed E-state index contributed by atoms with van der Waals surface area (Å²) in [4.78, 5) is 139. The van der Waals surface area contributed by atoms with Crippen molar-refractivity contribution in [1.82, 2.24) is 37.2 Å². The number of carbonyl (C=O) groups is 11. The van der Waals surface area contributed by atoms with Crippen LogP contribution in [0.3, 0.4) is 0 Å². The van der Waals surface area contributed by atoms with Gasteiger partial charge in [-0.05, 0) is 39.0 Å². The van der Waals surface area contributed by atoms with Gasteiger partial charge in [-0.2, -0.15) is 0 Å². The van der Waals surface area contributed by atoms with E-state index in [9.17, 15) is 61.8 Å². The molecule has 0 radical (unpaired) electrons. The van der Waals surface area contributed by atoms with Crippen molar-refractivity contribution >= 4 is 65.0 Å². The molecule has 0 aliphatic rings. The summed E-state index contributed by atoms with van der Waals surface area (Å²) in [7, 11) is 0. The van der Waals surface area contributed by atoms with Crippen LogP contribution in [0.15, 0.2) is 0 Å². The van der Waals surface area contributed by atoms with E-state index in [1.807, 2.05) is 0 Å². The predicted molar refractivity (Wildman–Crippen MR) is 241 cm³/mol. The van der Waals surface area contributed by atoms with Crippen LogP contribution in [-0.2, 0) is 62.6 Å². The highest BCUT2D eigenvalue weighted by Gasteiger charge is 2.28. The molecule has 0 aliphatic carbocycles. The van der Waals surface area contributed by atoms with Crippen molar-refractivity contribution in [2.45, 2.75) is 172 Å². The van der Waals surface area contributed by atoms with E-state index in [0.29, 0.717) is 12.8 Å². The Morgan fingerprint density at radius 2 is 0.838 bits per heavy atom. The first-order valence-electron chi connectivity index (χ1n) is 23.3. The smallest absolute Gasteiger partial charge is 0.348 e. The minimum Gasteiger partial charge on any atom is -0.368 e. The van der Waals surface area contributed by atoms with E-state index in [-0.39, 0.29) is 69.8 Å². The Balaban J connectivity index is 4.48. The number of halogens is 2. The van der Waals surface area contributed by atoms with Gasteiger partial charge in [-0.15, -0.1) is 0 Å². The number of hydrogen-bond acceptors (Lipinski definition) is 15. The summed E-state index contributed by atoms with van der Waals surface area (Å²) in [5.41, 5.74) is 16.7. The summed E-state index contributed by atoms with van der Waals surface area (Å²) in [6.45, 7) is -0.599. The average Bonchev–Trinajstić information content (AvgIpc) is 3.31. The molecular formula is C43H74F2N10O13. The number of primary amides is 1. The monoisotopic (exact) mass is 977 g/mol. The molecule has 8 amide bonds. The van der Waals surface area contributed by atoms with Crippen LogP contribution in [0.5, 0.6) is 0 Å². The highest BCUT2D eigenvalue weighted by Crippen LogP contribution is 2.14. The van der Waals surface area contributed by atoms with Gasteiger partial charge in [0.2, 0.25) is 47.3 Å². The van der Waals surface area contributed by atoms with Gasteiger partial charge in [-0.25, -0.2) is 9.59 Å². The Kier molecular flexibility index (Phi) is 35.8. The Morgan fingerprint density at radius 3 is 1.32 bits per heavy atom. The third-order valence-corrected chi connectivity index (χ3v) is 10.4. The lowest BCUT2D eigenvalue weighted by Crippen LogP contribution is -2.57. The molecule has 0 rings (SSSR count). The minimum atomic E-state index is -1.54. The fourth-order valence-corrected chi connectivity index (χ4v) is 6.55. The van der Waals surface area contributed by atoms with Gasteiger partial charge in [0.15, 0.2) is 0 Å². The number of unbranched alkanes of at least 4 members (excludes halogenated alkanes) is 13. The second-order valence-corrected chi connectivity index (χ2v) is 16.3. The molecule has 23 nitrogen and oxygen atoms in total. The summed E-state index contributed by atoms with van der Waals surface area (Å²) in [5, 5.41) is 16.6. The molecule has 25 heteroatoms. The lowest BCUT2D eigenvalue weighted by molar-refractivity contribution is -0.184. The van der Waals surface area contributed by atoms with Crippen LogP contribution in [0, 0.1) is 0 Å².